The molecule has 0 aliphatic rings. The van der Waals surface area contributed by atoms with Gasteiger partial charge in [0, 0.05) is 25.5 Å². The van der Waals surface area contributed by atoms with Crippen molar-refractivity contribution in [2.24, 2.45) is 0 Å². The predicted octanol–water partition coefficient (Wildman–Crippen LogP) is 4.62. The van der Waals surface area contributed by atoms with Gasteiger partial charge < -0.3 is 10.6 Å². The van der Waals surface area contributed by atoms with Gasteiger partial charge in [0.15, 0.2) is 0 Å². The molecule has 2 aromatic heterocycles. The van der Waals surface area contributed by atoms with Crippen molar-refractivity contribution in [1.82, 2.24) is 15.3 Å². The number of hydrogen-bond donors (Lipinski definition) is 2. The van der Waals surface area contributed by atoms with E-state index in [-0.39, 0.29) is 11.7 Å². The SMILES string of the molecule is C/C=C(/C)c1ccc(C(=O)NCc2cccnc2)c(NCCc2cccc(F)c2)n1. The van der Waals surface area contributed by atoms with Crippen LogP contribution in [0.5, 0.6) is 0 Å². The number of allylic oxidation sites excluding steroid dienone is 2. The summed E-state index contributed by atoms with van der Waals surface area (Å²) in [5.41, 5.74) is 4.08. The Hall–Kier alpha value is -3.54. The molecule has 0 radical (unpaired) electrons. The molecular formula is C24H25FN4O. The summed E-state index contributed by atoms with van der Waals surface area (Å²) in [6.45, 7) is 4.83. The summed E-state index contributed by atoms with van der Waals surface area (Å²) >= 11 is 0. The van der Waals surface area contributed by atoms with E-state index in [1.54, 1.807) is 24.5 Å². The molecule has 0 fully saturated rings. The van der Waals surface area contributed by atoms with Crippen LogP contribution >= 0.6 is 0 Å². The molecule has 0 bridgehead atoms. The first-order valence-electron chi connectivity index (χ1n) is 9.86. The van der Waals surface area contributed by atoms with Gasteiger partial charge >= 0.3 is 0 Å². The van der Waals surface area contributed by atoms with E-state index >= 15 is 0 Å². The Balaban J connectivity index is 1.74. The topological polar surface area (TPSA) is 66.9 Å². The van der Waals surface area contributed by atoms with E-state index in [0.717, 1.165) is 22.4 Å². The molecule has 3 aromatic rings. The third-order valence-electron chi connectivity index (χ3n) is 4.75. The number of nitrogens with one attached hydrogen (secondary N) is 2. The highest BCUT2D eigenvalue weighted by molar-refractivity contribution is 5.99. The summed E-state index contributed by atoms with van der Waals surface area (Å²) in [6.07, 6.45) is 6.00. The Morgan fingerprint density at radius 3 is 2.70 bits per heavy atom. The summed E-state index contributed by atoms with van der Waals surface area (Å²) in [5, 5.41) is 6.16. The number of nitrogens with zero attached hydrogens (tertiary/aromatic N) is 2. The standard InChI is InChI=1S/C24H25FN4O/c1-3-17(2)22-10-9-21(24(30)28-16-19-7-5-12-26-15-19)23(29-22)27-13-11-18-6-4-8-20(25)14-18/h3-10,12,14-15H,11,13,16H2,1-2H3,(H,27,29)(H,28,30)/b17-3-. The molecule has 0 unspecified atom stereocenters. The number of amides is 1. The fourth-order valence-electron chi connectivity index (χ4n) is 2.94. The van der Waals surface area contributed by atoms with E-state index in [9.17, 15) is 9.18 Å². The molecule has 2 N–H and O–H groups in total. The van der Waals surface area contributed by atoms with Crippen LogP contribution in [0.2, 0.25) is 0 Å². The average molecular weight is 404 g/mol. The lowest BCUT2D eigenvalue weighted by Crippen LogP contribution is -2.25. The second-order valence-corrected chi connectivity index (χ2v) is 6.91. The highest BCUT2D eigenvalue weighted by Crippen LogP contribution is 2.19. The van der Waals surface area contributed by atoms with E-state index < -0.39 is 0 Å². The molecule has 0 spiro atoms. The lowest BCUT2D eigenvalue weighted by Gasteiger charge is -2.13. The van der Waals surface area contributed by atoms with Gasteiger partial charge in [-0.15, -0.1) is 0 Å². The lowest BCUT2D eigenvalue weighted by molar-refractivity contribution is 0.0951. The number of rotatable bonds is 8. The van der Waals surface area contributed by atoms with Crippen molar-refractivity contribution >= 4 is 17.3 Å². The van der Waals surface area contributed by atoms with Crippen molar-refractivity contribution in [2.45, 2.75) is 26.8 Å². The van der Waals surface area contributed by atoms with Crippen LogP contribution in [0, 0.1) is 5.82 Å². The average Bonchev–Trinajstić information content (AvgIpc) is 2.77. The number of halogens is 1. The molecule has 5 nitrogen and oxygen atoms in total. The minimum Gasteiger partial charge on any atom is -0.369 e. The van der Waals surface area contributed by atoms with Gasteiger partial charge in [-0.3, -0.25) is 9.78 Å². The normalized spacial score (nSPS) is 11.2. The number of anilines is 1. The van der Waals surface area contributed by atoms with Gasteiger partial charge in [-0.1, -0.05) is 24.3 Å². The Morgan fingerprint density at radius 1 is 1.13 bits per heavy atom. The molecule has 3 rings (SSSR count). The maximum Gasteiger partial charge on any atom is 0.255 e. The quantitative estimate of drug-likeness (QED) is 0.575. The number of carbonyl (C=O) groups is 1. The molecule has 0 saturated carbocycles. The molecule has 6 heteroatoms. The summed E-state index contributed by atoms with van der Waals surface area (Å²) in [6, 6.07) is 13.9. The largest absolute Gasteiger partial charge is 0.369 e. The zero-order chi connectivity index (χ0) is 21.3. The van der Waals surface area contributed by atoms with E-state index in [4.69, 9.17) is 0 Å². The van der Waals surface area contributed by atoms with E-state index in [1.807, 2.05) is 44.2 Å². The summed E-state index contributed by atoms with van der Waals surface area (Å²) in [5.74, 6) is 0.0323. The van der Waals surface area contributed by atoms with Crippen molar-refractivity contribution in [1.29, 1.82) is 0 Å². The fourth-order valence-corrected chi connectivity index (χ4v) is 2.94. The third-order valence-corrected chi connectivity index (χ3v) is 4.75. The van der Waals surface area contributed by atoms with Crippen molar-refractivity contribution < 1.29 is 9.18 Å². The maximum atomic E-state index is 13.4. The Kier molecular flexibility index (Phi) is 7.27. The first-order valence-corrected chi connectivity index (χ1v) is 9.86. The minimum absolute atomic E-state index is 0.218. The smallest absolute Gasteiger partial charge is 0.255 e. The van der Waals surface area contributed by atoms with Gasteiger partial charge in [-0.2, -0.15) is 0 Å². The first-order chi connectivity index (χ1) is 14.6. The van der Waals surface area contributed by atoms with Crippen LogP contribution in [0.3, 0.4) is 0 Å². The van der Waals surface area contributed by atoms with Gasteiger partial charge in [0.1, 0.15) is 11.6 Å². The van der Waals surface area contributed by atoms with Crippen LogP contribution < -0.4 is 10.6 Å². The Morgan fingerprint density at radius 2 is 1.97 bits per heavy atom. The van der Waals surface area contributed by atoms with Crippen LogP contribution in [0.1, 0.15) is 41.0 Å². The highest BCUT2D eigenvalue weighted by Gasteiger charge is 2.14. The number of aromatic nitrogens is 2. The lowest BCUT2D eigenvalue weighted by atomic mass is 10.1. The van der Waals surface area contributed by atoms with Crippen LogP contribution in [0.25, 0.3) is 5.57 Å². The first kappa shape index (κ1) is 21.2. The fraction of sp³-hybridized carbons (Fsp3) is 0.208. The van der Waals surface area contributed by atoms with Gasteiger partial charge in [-0.25, -0.2) is 9.37 Å². The van der Waals surface area contributed by atoms with E-state index in [2.05, 4.69) is 20.6 Å². The van der Waals surface area contributed by atoms with Crippen LogP contribution in [0.4, 0.5) is 10.2 Å². The minimum atomic E-state index is -0.258. The monoisotopic (exact) mass is 404 g/mol. The van der Waals surface area contributed by atoms with Crippen molar-refractivity contribution in [3.63, 3.8) is 0 Å². The van der Waals surface area contributed by atoms with E-state index in [1.165, 1.54) is 12.1 Å². The second kappa shape index (κ2) is 10.3. The van der Waals surface area contributed by atoms with Crippen LogP contribution in [-0.2, 0) is 13.0 Å². The number of benzene rings is 1. The van der Waals surface area contributed by atoms with Crippen molar-refractivity contribution in [2.75, 3.05) is 11.9 Å². The number of pyridine rings is 2. The van der Waals surface area contributed by atoms with Crippen LogP contribution in [0.15, 0.2) is 67.0 Å². The van der Waals surface area contributed by atoms with Gasteiger partial charge in [0.2, 0.25) is 0 Å². The van der Waals surface area contributed by atoms with Gasteiger partial charge in [0.25, 0.3) is 5.91 Å². The third kappa shape index (κ3) is 5.73. The van der Waals surface area contributed by atoms with Gasteiger partial charge in [0.05, 0.1) is 11.3 Å². The molecule has 154 valence electrons. The van der Waals surface area contributed by atoms with Crippen LogP contribution in [-0.4, -0.2) is 22.4 Å². The Bertz CT molecular complexity index is 1030. The summed E-state index contributed by atoms with van der Waals surface area (Å²) < 4.78 is 13.4. The zero-order valence-corrected chi connectivity index (χ0v) is 17.2. The molecule has 1 amide bonds. The summed E-state index contributed by atoms with van der Waals surface area (Å²) in [4.78, 5) is 21.5. The zero-order valence-electron chi connectivity index (χ0n) is 17.2. The maximum absolute atomic E-state index is 13.4. The van der Waals surface area contributed by atoms with Gasteiger partial charge in [-0.05, 0) is 67.3 Å². The van der Waals surface area contributed by atoms with Crippen molar-refractivity contribution in [3.8, 4) is 0 Å². The predicted molar refractivity (Wildman–Crippen MR) is 118 cm³/mol. The molecule has 0 atom stereocenters. The molecule has 30 heavy (non-hydrogen) atoms. The Labute approximate surface area is 176 Å². The summed E-state index contributed by atoms with van der Waals surface area (Å²) in [7, 11) is 0. The highest BCUT2D eigenvalue weighted by atomic mass is 19.1. The molecule has 0 saturated heterocycles. The molecule has 2 heterocycles. The molecule has 1 aromatic carbocycles. The second-order valence-electron chi connectivity index (χ2n) is 6.91. The molecule has 0 aliphatic heterocycles. The number of carbonyl (C=O) groups excluding carboxylic acids is 1. The van der Waals surface area contributed by atoms with E-state index in [0.29, 0.717) is 30.9 Å². The van der Waals surface area contributed by atoms with Crippen molar-refractivity contribution in [3.05, 3.63) is 95.2 Å². The number of hydrogen-bond acceptors (Lipinski definition) is 4. The molecular weight excluding hydrogens is 379 g/mol. The molecule has 0 aliphatic carbocycles.